The molecule has 18 heavy (non-hydrogen) atoms. The van der Waals surface area contributed by atoms with Crippen molar-refractivity contribution in [3.8, 4) is 5.75 Å². The second-order valence-corrected chi connectivity index (χ2v) is 4.78. The Hall–Kier alpha value is -1.55. The maximum Gasteiger partial charge on any atom is 0.147 e. The van der Waals surface area contributed by atoms with E-state index in [1.807, 2.05) is 31.8 Å². The highest BCUT2D eigenvalue weighted by Crippen LogP contribution is 2.32. The number of phenolic OH excluding ortho intramolecular Hbond substituents is 1. The molecular weight excluding hydrogens is 231 g/mol. The first-order valence-electron chi connectivity index (χ1n) is 6.18. The van der Waals surface area contributed by atoms with Crippen LogP contribution < -0.4 is 0 Å². The van der Waals surface area contributed by atoms with Gasteiger partial charge in [0.1, 0.15) is 11.6 Å². The first-order chi connectivity index (χ1) is 8.54. The Morgan fingerprint density at radius 3 is 2.67 bits per heavy atom. The summed E-state index contributed by atoms with van der Waals surface area (Å²) in [6.45, 7) is 3.54. The Bertz CT molecular complexity index is 560. The van der Waals surface area contributed by atoms with Crippen LogP contribution in [0.25, 0.3) is 10.9 Å². The summed E-state index contributed by atoms with van der Waals surface area (Å²) >= 11 is 0. The highest BCUT2D eigenvalue weighted by atomic mass is 19.1. The van der Waals surface area contributed by atoms with E-state index >= 15 is 0 Å². The van der Waals surface area contributed by atoms with Crippen molar-refractivity contribution in [2.45, 2.75) is 19.9 Å². The van der Waals surface area contributed by atoms with Crippen LogP contribution in [-0.2, 0) is 13.0 Å². The largest absolute Gasteiger partial charge is 0.507 e. The van der Waals surface area contributed by atoms with Gasteiger partial charge in [-0.1, -0.05) is 0 Å². The number of rotatable bonds is 4. The third kappa shape index (κ3) is 2.20. The number of fused-ring (bicyclic) bond motifs is 1. The molecule has 0 unspecified atom stereocenters. The smallest absolute Gasteiger partial charge is 0.147 e. The molecule has 0 fully saturated rings. The maximum absolute atomic E-state index is 13.9. The SMILES string of the molecule is CCn1cc(CCN(C)C)c2c(O)ccc(F)c21. The van der Waals surface area contributed by atoms with Crippen molar-refractivity contribution in [2.75, 3.05) is 20.6 Å². The summed E-state index contributed by atoms with van der Waals surface area (Å²) in [4.78, 5) is 2.07. The number of phenols is 1. The van der Waals surface area contributed by atoms with E-state index in [4.69, 9.17) is 0 Å². The molecule has 0 radical (unpaired) electrons. The molecule has 0 aliphatic heterocycles. The van der Waals surface area contributed by atoms with Gasteiger partial charge in [-0.3, -0.25) is 0 Å². The number of aromatic nitrogens is 1. The lowest BCUT2D eigenvalue weighted by molar-refractivity contribution is 0.413. The Balaban J connectivity index is 2.56. The van der Waals surface area contributed by atoms with Crippen LogP contribution in [0.4, 0.5) is 4.39 Å². The van der Waals surface area contributed by atoms with Crippen molar-refractivity contribution in [1.29, 1.82) is 0 Å². The fraction of sp³-hybridized carbons (Fsp3) is 0.429. The lowest BCUT2D eigenvalue weighted by Crippen LogP contribution is -2.14. The van der Waals surface area contributed by atoms with Crippen LogP contribution in [0.15, 0.2) is 18.3 Å². The zero-order valence-corrected chi connectivity index (χ0v) is 11.1. The van der Waals surface area contributed by atoms with E-state index in [2.05, 4.69) is 4.90 Å². The molecule has 0 saturated carbocycles. The number of halogens is 1. The van der Waals surface area contributed by atoms with E-state index in [-0.39, 0.29) is 11.6 Å². The summed E-state index contributed by atoms with van der Waals surface area (Å²) in [7, 11) is 4.00. The van der Waals surface area contributed by atoms with Crippen LogP contribution in [0.2, 0.25) is 0 Å². The van der Waals surface area contributed by atoms with Gasteiger partial charge in [-0.05, 0) is 45.1 Å². The van der Waals surface area contributed by atoms with Crippen molar-refractivity contribution in [2.24, 2.45) is 0 Å². The Kier molecular flexibility index (Phi) is 3.57. The van der Waals surface area contributed by atoms with Crippen LogP contribution in [0.3, 0.4) is 0 Å². The molecule has 2 rings (SSSR count). The molecule has 0 aliphatic rings. The van der Waals surface area contributed by atoms with Gasteiger partial charge in [0.25, 0.3) is 0 Å². The van der Waals surface area contributed by atoms with E-state index < -0.39 is 0 Å². The molecule has 2 aromatic rings. The third-order valence-electron chi connectivity index (χ3n) is 3.20. The van der Waals surface area contributed by atoms with E-state index in [9.17, 15) is 9.50 Å². The van der Waals surface area contributed by atoms with Gasteiger partial charge in [0, 0.05) is 24.7 Å². The first kappa shape index (κ1) is 12.9. The van der Waals surface area contributed by atoms with Gasteiger partial charge < -0.3 is 14.6 Å². The summed E-state index contributed by atoms with van der Waals surface area (Å²) in [6, 6.07) is 2.75. The van der Waals surface area contributed by atoms with Gasteiger partial charge in [-0.2, -0.15) is 0 Å². The number of hydrogen-bond acceptors (Lipinski definition) is 2. The highest BCUT2D eigenvalue weighted by molar-refractivity contribution is 5.90. The number of benzene rings is 1. The monoisotopic (exact) mass is 250 g/mol. The van der Waals surface area contributed by atoms with Gasteiger partial charge in [-0.25, -0.2) is 4.39 Å². The molecule has 1 heterocycles. The summed E-state index contributed by atoms with van der Waals surface area (Å²) in [5.74, 6) is -0.117. The third-order valence-corrected chi connectivity index (χ3v) is 3.20. The first-order valence-corrected chi connectivity index (χ1v) is 6.18. The van der Waals surface area contributed by atoms with Gasteiger partial charge in [0.05, 0.1) is 5.52 Å². The van der Waals surface area contributed by atoms with Gasteiger partial charge >= 0.3 is 0 Å². The molecule has 1 N–H and O–H groups in total. The van der Waals surface area contributed by atoms with Gasteiger partial charge in [-0.15, -0.1) is 0 Å². The summed E-state index contributed by atoms with van der Waals surface area (Å²) in [6.07, 6.45) is 2.74. The molecule has 0 aliphatic carbocycles. The van der Waals surface area contributed by atoms with E-state index in [0.29, 0.717) is 17.4 Å². The lowest BCUT2D eigenvalue weighted by atomic mass is 10.1. The highest BCUT2D eigenvalue weighted by Gasteiger charge is 2.15. The molecular formula is C14H19FN2O. The number of aromatic hydroxyl groups is 1. The van der Waals surface area contributed by atoms with Crippen LogP contribution in [0, 0.1) is 5.82 Å². The maximum atomic E-state index is 13.9. The second-order valence-electron chi connectivity index (χ2n) is 4.78. The molecule has 4 heteroatoms. The van der Waals surface area contributed by atoms with E-state index in [0.717, 1.165) is 18.5 Å². The minimum atomic E-state index is -0.277. The Morgan fingerprint density at radius 2 is 2.06 bits per heavy atom. The predicted molar refractivity (Wildman–Crippen MR) is 71.5 cm³/mol. The number of nitrogens with zero attached hydrogens (tertiary/aromatic N) is 2. The number of likely N-dealkylation sites (N-methyl/N-ethyl adjacent to an activating group) is 1. The average molecular weight is 250 g/mol. The second kappa shape index (κ2) is 4.98. The molecule has 1 aromatic heterocycles. The number of aryl methyl sites for hydroxylation is 1. The normalized spacial score (nSPS) is 11.6. The molecule has 0 atom stereocenters. The Morgan fingerprint density at radius 1 is 1.33 bits per heavy atom. The predicted octanol–water partition coefficient (Wildman–Crippen LogP) is 2.61. The van der Waals surface area contributed by atoms with Crippen LogP contribution >= 0.6 is 0 Å². The molecule has 3 nitrogen and oxygen atoms in total. The summed E-state index contributed by atoms with van der Waals surface area (Å²) < 4.78 is 15.7. The quantitative estimate of drug-likeness (QED) is 0.903. The van der Waals surface area contributed by atoms with Crippen LogP contribution in [0.5, 0.6) is 5.75 Å². The average Bonchev–Trinajstić information content (AvgIpc) is 2.71. The van der Waals surface area contributed by atoms with E-state index in [1.54, 1.807) is 0 Å². The molecule has 1 aromatic carbocycles. The standard InChI is InChI=1S/C14H19FN2O/c1-4-17-9-10(7-8-16(2)3)13-12(18)6-5-11(15)14(13)17/h5-6,9,18H,4,7-8H2,1-3H3. The lowest BCUT2D eigenvalue weighted by Gasteiger charge is -2.08. The number of hydrogen-bond donors (Lipinski definition) is 1. The van der Waals surface area contributed by atoms with Crippen molar-refractivity contribution in [3.05, 3.63) is 29.7 Å². The molecule has 0 bridgehead atoms. The van der Waals surface area contributed by atoms with Gasteiger partial charge in [0.2, 0.25) is 0 Å². The van der Waals surface area contributed by atoms with E-state index in [1.165, 1.54) is 12.1 Å². The Labute approximate surface area is 106 Å². The van der Waals surface area contributed by atoms with Crippen molar-refractivity contribution >= 4 is 10.9 Å². The molecule has 0 spiro atoms. The zero-order chi connectivity index (χ0) is 13.3. The topological polar surface area (TPSA) is 28.4 Å². The van der Waals surface area contributed by atoms with Gasteiger partial charge in [0.15, 0.2) is 0 Å². The van der Waals surface area contributed by atoms with Crippen LogP contribution in [0.1, 0.15) is 12.5 Å². The molecule has 0 amide bonds. The fourth-order valence-electron chi connectivity index (χ4n) is 2.25. The van der Waals surface area contributed by atoms with Crippen molar-refractivity contribution < 1.29 is 9.50 Å². The van der Waals surface area contributed by atoms with Crippen molar-refractivity contribution in [3.63, 3.8) is 0 Å². The summed E-state index contributed by atoms with van der Waals surface area (Å²) in [5.41, 5.74) is 1.50. The fourth-order valence-corrected chi connectivity index (χ4v) is 2.25. The van der Waals surface area contributed by atoms with Crippen molar-refractivity contribution in [1.82, 2.24) is 9.47 Å². The minimum Gasteiger partial charge on any atom is -0.507 e. The zero-order valence-electron chi connectivity index (χ0n) is 11.1. The molecule has 98 valence electrons. The molecule has 0 saturated heterocycles. The summed E-state index contributed by atoms with van der Waals surface area (Å²) in [5, 5.41) is 10.6. The minimum absolute atomic E-state index is 0.160. The van der Waals surface area contributed by atoms with Crippen LogP contribution in [-0.4, -0.2) is 35.2 Å².